The minimum atomic E-state index is -1.15. The highest BCUT2D eigenvalue weighted by Crippen LogP contribution is 2.38. The van der Waals surface area contributed by atoms with Crippen LogP contribution in [0.3, 0.4) is 0 Å². The number of nitrogens with one attached hydrogen (secondary N) is 2. The van der Waals surface area contributed by atoms with Gasteiger partial charge in [0.15, 0.2) is 0 Å². The summed E-state index contributed by atoms with van der Waals surface area (Å²) in [7, 11) is 3.24. The lowest BCUT2D eigenvalue weighted by molar-refractivity contribution is -0.132. The fraction of sp³-hybridized carbons (Fsp3) is 0.217. The Labute approximate surface area is 175 Å². The maximum atomic E-state index is 12.7. The molecule has 0 saturated carbocycles. The standard InChI is InChI=1S/C23H23N3O4/c1-23(16-7-5-4-6-8-16)22(27)25-18-11-12-20(26-21(18)30-23)24-14-15-9-10-17(28-2)13-19(15)29-3/h4-13H,14H2,1-3H3,(H,24,26)(H,25,27)/t23-/m0/s1. The Kier molecular flexibility index (Phi) is 5.18. The van der Waals surface area contributed by atoms with Gasteiger partial charge in [-0.15, -0.1) is 0 Å². The molecule has 2 N–H and O–H groups in total. The van der Waals surface area contributed by atoms with Crippen LogP contribution in [0.25, 0.3) is 0 Å². The molecule has 7 heteroatoms. The Morgan fingerprint density at radius 1 is 1.07 bits per heavy atom. The SMILES string of the molecule is COc1ccc(CNc2ccc3c(n2)O[C@@](C)(c2ccccc2)C(=O)N3)c(OC)c1. The number of fused-ring (bicyclic) bond motifs is 1. The van der Waals surface area contributed by atoms with Gasteiger partial charge in [-0.1, -0.05) is 30.3 Å². The van der Waals surface area contributed by atoms with Crippen LogP contribution in [0.15, 0.2) is 60.7 Å². The molecule has 154 valence electrons. The number of rotatable bonds is 6. The van der Waals surface area contributed by atoms with E-state index in [0.717, 1.165) is 22.6 Å². The highest BCUT2D eigenvalue weighted by molar-refractivity contribution is 6.00. The molecule has 2 aromatic carbocycles. The Bertz CT molecular complexity index is 1070. The number of anilines is 2. The lowest BCUT2D eigenvalue weighted by Crippen LogP contribution is -2.46. The number of ether oxygens (including phenoxy) is 3. The van der Waals surface area contributed by atoms with Crippen molar-refractivity contribution >= 4 is 17.4 Å². The fourth-order valence-corrected chi connectivity index (χ4v) is 3.32. The zero-order chi connectivity index (χ0) is 21.1. The molecule has 1 aliphatic heterocycles. The van der Waals surface area contributed by atoms with Crippen LogP contribution in [0.1, 0.15) is 18.1 Å². The maximum Gasteiger partial charge on any atom is 0.273 e. The van der Waals surface area contributed by atoms with Crippen molar-refractivity contribution in [3.05, 3.63) is 71.8 Å². The van der Waals surface area contributed by atoms with Crippen LogP contribution in [0.4, 0.5) is 11.5 Å². The van der Waals surface area contributed by atoms with E-state index in [0.29, 0.717) is 23.9 Å². The van der Waals surface area contributed by atoms with E-state index >= 15 is 0 Å². The van der Waals surface area contributed by atoms with Gasteiger partial charge in [-0.3, -0.25) is 4.79 Å². The second-order valence-corrected chi connectivity index (χ2v) is 7.04. The monoisotopic (exact) mass is 405 g/mol. The largest absolute Gasteiger partial charge is 0.497 e. The second-order valence-electron chi connectivity index (χ2n) is 7.04. The van der Waals surface area contributed by atoms with E-state index in [2.05, 4.69) is 15.6 Å². The number of aromatic nitrogens is 1. The van der Waals surface area contributed by atoms with Gasteiger partial charge < -0.3 is 24.8 Å². The molecule has 1 atom stereocenters. The molecule has 0 spiro atoms. The Balaban J connectivity index is 1.55. The average Bonchev–Trinajstić information content (AvgIpc) is 2.79. The van der Waals surface area contributed by atoms with E-state index in [1.54, 1.807) is 33.3 Å². The first-order chi connectivity index (χ1) is 14.5. The van der Waals surface area contributed by atoms with Crippen molar-refractivity contribution in [1.29, 1.82) is 0 Å². The van der Waals surface area contributed by atoms with Gasteiger partial charge in [-0.05, 0) is 31.2 Å². The predicted molar refractivity (Wildman–Crippen MR) is 114 cm³/mol. The lowest BCUT2D eigenvalue weighted by Gasteiger charge is -2.34. The molecule has 0 saturated heterocycles. The van der Waals surface area contributed by atoms with Gasteiger partial charge in [0.2, 0.25) is 11.5 Å². The van der Waals surface area contributed by atoms with Gasteiger partial charge in [-0.2, -0.15) is 4.98 Å². The van der Waals surface area contributed by atoms with Gasteiger partial charge in [-0.25, -0.2) is 0 Å². The number of amides is 1. The highest BCUT2D eigenvalue weighted by atomic mass is 16.5. The summed E-state index contributed by atoms with van der Waals surface area (Å²) in [6.07, 6.45) is 0. The van der Waals surface area contributed by atoms with Gasteiger partial charge in [0, 0.05) is 23.7 Å². The zero-order valence-corrected chi connectivity index (χ0v) is 17.1. The molecule has 1 aromatic heterocycles. The van der Waals surface area contributed by atoms with Crippen molar-refractivity contribution in [3.63, 3.8) is 0 Å². The lowest BCUT2D eigenvalue weighted by atomic mass is 9.93. The first-order valence-corrected chi connectivity index (χ1v) is 9.55. The first-order valence-electron chi connectivity index (χ1n) is 9.55. The molecule has 4 rings (SSSR count). The highest BCUT2D eigenvalue weighted by Gasteiger charge is 2.42. The Morgan fingerprint density at radius 3 is 2.60 bits per heavy atom. The molecule has 2 heterocycles. The third-order valence-corrected chi connectivity index (χ3v) is 5.12. The topological polar surface area (TPSA) is 81.7 Å². The van der Waals surface area contributed by atoms with Crippen molar-refractivity contribution in [1.82, 2.24) is 4.98 Å². The fourth-order valence-electron chi connectivity index (χ4n) is 3.32. The van der Waals surface area contributed by atoms with E-state index in [1.807, 2.05) is 48.5 Å². The number of hydrogen-bond donors (Lipinski definition) is 2. The number of hydrogen-bond acceptors (Lipinski definition) is 6. The van der Waals surface area contributed by atoms with Crippen molar-refractivity contribution in [2.75, 3.05) is 24.9 Å². The van der Waals surface area contributed by atoms with E-state index < -0.39 is 5.60 Å². The van der Waals surface area contributed by atoms with E-state index in [-0.39, 0.29) is 5.91 Å². The summed E-state index contributed by atoms with van der Waals surface area (Å²) < 4.78 is 16.8. The number of nitrogens with zero attached hydrogens (tertiary/aromatic N) is 1. The normalized spacial score (nSPS) is 17.4. The molecular weight excluding hydrogens is 382 g/mol. The third kappa shape index (κ3) is 3.61. The molecule has 3 aromatic rings. The zero-order valence-electron chi connectivity index (χ0n) is 17.1. The van der Waals surface area contributed by atoms with Crippen LogP contribution in [0.2, 0.25) is 0 Å². The molecular formula is C23H23N3O4. The predicted octanol–water partition coefficient (Wildman–Crippen LogP) is 3.96. The minimum absolute atomic E-state index is 0.230. The summed E-state index contributed by atoms with van der Waals surface area (Å²) in [5.41, 5.74) is 1.11. The third-order valence-electron chi connectivity index (χ3n) is 5.12. The minimum Gasteiger partial charge on any atom is -0.497 e. The van der Waals surface area contributed by atoms with Gasteiger partial charge in [0.25, 0.3) is 5.91 Å². The second kappa shape index (κ2) is 7.94. The Hall–Kier alpha value is -3.74. The van der Waals surface area contributed by atoms with Crippen molar-refractivity contribution in [3.8, 4) is 17.4 Å². The van der Waals surface area contributed by atoms with E-state index in [1.165, 1.54) is 0 Å². The average molecular weight is 405 g/mol. The molecule has 1 amide bonds. The smallest absolute Gasteiger partial charge is 0.273 e. The van der Waals surface area contributed by atoms with E-state index in [9.17, 15) is 4.79 Å². The summed E-state index contributed by atoms with van der Waals surface area (Å²) in [6.45, 7) is 2.24. The van der Waals surface area contributed by atoms with Crippen LogP contribution in [-0.2, 0) is 16.9 Å². The Morgan fingerprint density at radius 2 is 1.87 bits per heavy atom. The molecule has 0 unspecified atom stereocenters. The summed E-state index contributed by atoms with van der Waals surface area (Å²) >= 11 is 0. The molecule has 0 fully saturated rings. The molecule has 0 aliphatic carbocycles. The van der Waals surface area contributed by atoms with Crippen LogP contribution < -0.4 is 24.8 Å². The number of pyridine rings is 1. The quantitative estimate of drug-likeness (QED) is 0.646. The number of carbonyl (C=O) groups excluding carboxylic acids is 1. The van der Waals surface area contributed by atoms with Crippen molar-refractivity contribution in [2.45, 2.75) is 19.1 Å². The van der Waals surface area contributed by atoms with Gasteiger partial charge in [0.1, 0.15) is 23.0 Å². The molecule has 0 bridgehead atoms. The number of methoxy groups -OCH3 is 2. The number of carbonyl (C=O) groups is 1. The van der Waals surface area contributed by atoms with Crippen LogP contribution >= 0.6 is 0 Å². The summed E-state index contributed by atoms with van der Waals surface area (Å²) in [5.74, 6) is 2.21. The number of benzene rings is 2. The molecule has 30 heavy (non-hydrogen) atoms. The first kappa shape index (κ1) is 19.6. The summed E-state index contributed by atoms with van der Waals surface area (Å²) in [6, 6.07) is 18.6. The van der Waals surface area contributed by atoms with E-state index in [4.69, 9.17) is 14.2 Å². The molecule has 7 nitrogen and oxygen atoms in total. The van der Waals surface area contributed by atoms with Crippen molar-refractivity contribution < 1.29 is 19.0 Å². The summed E-state index contributed by atoms with van der Waals surface area (Å²) in [4.78, 5) is 17.3. The van der Waals surface area contributed by atoms with Gasteiger partial charge >= 0.3 is 0 Å². The molecule has 0 radical (unpaired) electrons. The van der Waals surface area contributed by atoms with Crippen LogP contribution in [0.5, 0.6) is 17.4 Å². The maximum absolute atomic E-state index is 12.7. The summed E-state index contributed by atoms with van der Waals surface area (Å²) in [5, 5.41) is 6.17. The van der Waals surface area contributed by atoms with Crippen LogP contribution in [-0.4, -0.2) is 25.1 Å². The van der Waals surface area contributed by atoms with Crippen LogP contribution in [0, 0.1) is 0 Å². The van der Waals surface area contributed by atoms with Crippen molar-refractivity contribution in [2.24, 2.45) is 0 Å². The van der Waals surface area contributed by atoms with Gasteiger partial charge in [0.05, 0.1) is 14.2 Å². The molecule has 1 aliphatic rings.